The standard InChI is InChI=1S/C11H18O2/c1-11(2,3)10(13)8-5-4-6-9(12)7-8/h8H,4-7H2,1-3H3. The topological polar surface area (TPSA) is 34.1 Å². The molecule has 13 heavy (non-hydrogen) atoms. The zero-order valence-corrected chi connectivity index (χ0v) is 8.72. The smallest absolute Gasteiger partial charge is 0.141 e. The molecule has 74 valence electrons. The SMILES string of the molecule is CC(C)(C)C(=O)C1CCCC(=O)C1. The normalized spacial score (nSPS) is 24.5. The van der Waals surface area contributed by atoms with Crippen LogP contribution in [-0.4, -0.2) is 11.6 Å². The minimum Gasteiger partial charge on any atom is -0.300 e. The van der Waals surface area contributed by atoms with E-state index >= 15 is 0 Å². The van der Waals surface area contributed by atoms with Gasteiger partial charge in [-0.2, -0.15) is 0 Å². The van der Waals surface area contributed by atoms with E-state index in [4.69, 9.17) is 0 Å². The summed E-state index contributed by atoms with van der Waals surface area (Å²) in [5.41, 5.74) is -0.289. The van der Waals surface area contributed by atoms with E-state index in [-0.39, 0.29) is 22.9 Å². The average Bonchev–Trinajstić information content (AvgIpc) is 2.01. The summed E-state index contributed by atoms with van der Waals surface area (Å²) >= 11 is 0. The Balaban J connectivity index is 2.62. The van der Waals surface area contributed by atoms with Crippen molar-refractivity contribution in [1.82, 2.24) is 0 Å². The molecule has 0 aromatic carbocycles. The van der Waals surface area contributed by atoms with Crippen LogP contribution in [0, 0.1) is 11.3 Å². The van der Waals surface area contributed by atoms with Gasteiger partial charge in [0.25, 0.3) is 0 Å². The minimum absolute atomic E-state index is 0.00116. The number of hydrogen-bond acceptors (Lipinski definition) is 2. The zero-order valence-electron chi connectivity index (χ0n) is 8.72. The van der Waals surface area contributed by atoms with Crippen LogP contribution >= 0.6 is 0 Å². The van der Waals surface area contributed by atoms with Gasteiger partial charge in [-0.1, -0.05) is 20.8 Å². The Kier molecular flexibility index (Phi) is 2.89. The second-order valence-corrected chi connectivity index (χ2v) is 4.95. The molecule has 0 amide bonds. The molecular formula is C11H18O2. The Bertz CT molecular complexity index is 223. The van der Waals surface area contributed by atoms with E-state index < -0.39 is 0 Å². The molecule has 0 aromatic rings. The van der Waals surface area contributed by atoms with Crippen molar-refractivity contribution in [2.24, 2.45) is 11.3 Å². The summed E-state index contributed by atoms with van der Waals surface area (Å²) in [7, 11) is 0. The zero-order chi connectivity index (χ0) is 10.1. The highest BCUT2D eigenvalue weighted by atomic mass is 16.1. The van der Waals surface area contributed by atoms with Crippen LogP contribution in [0.25, 0.3) is 0 Å². The molecule has 1 saturated carbocycles. The number of hydrogen-bond donors (Lipinski definition) is 0. The molecule has 2 heteroatoms. The van der Waals surface area contributed by atoms with Crippen molar-refractivity contribution in [3.05, 3.63) is 0 Å². The fraction of sp³-hybridized carbons (Fsp3) is 0.818. The van der Waals surface area contributed by atoms with Crippen molar-refractivity contribution in [1.29, 1.82) is 0 Å². The largest absolute Gasteiger partial charge is 0.300 e. The third kappa shape index (κ3) is 2.64. The van der Waals surface area contributed by atoms with Gasteiger partial charge in [-0.05, 0) is 12.8 Å². The average molecular weight is 182 g/mol. The highest BCUT2D eigenvalue weighted by Crippen LogP contribution is 2.29. The monoisotopic (exact) mass is 182 g/mol. The first-order valence-corrected chi connectivity index (χ1v) is 4.97. The van der Waals surface area contributed by atoms with Gasteiger partial charge in [0, 0.05) is 24.2 Å². The molecule has 0 aromatic heterocycles. The predicted molar refractivity (Wildman–Crippen MR) is 51.4 cm³/mol. The summed E-state index contributed by atoms with van der Waals surface area (Å²) in [5.74, 6) is 0.510. The number of rotatable bonds is 1. The first-order chi connectivity index (χ1) is 5.91. The molecule has 1 unspecified atom stereocenters. The van der Waals surface area contributed by atoms with E-state index in [0.29, 0.717) is 12.8 Å². The maximum absolute atomic E-state index is 11.8. The Morgan fingerprint density at radius 1 is 1.38 bits per heavy atom. The van der Waals surface area contributed by atoms with Crippen LogP contribution in [0.3, 0.4) is 0 Å². The Hall–Kier alpha value is -0.660. The summed E-state index contributed by atoms with van der Waals surface area (Å²) in [6, 6.07) is 0. The molecule has 0 bridgehead atoms. The lowest BCUT2D eigenvalue weighted by molar-refractivity contribution is -0.135. The molecule has 0 aliphatic heterocycles. The second kappa shape index (κ2) is 3.60. The van der Waals surface area contributed by atoms with Crippen molar-refractivity contribution >= 4 is 11.6 Å². The van der Waals surface area contributed by atoms with Crippen LogP contribution in [0.2, 0.25) is 0 Å². The molecular weight excluding hydrogens is 164 g/mol. The number of Topliss-reactive ketones (excluding diaryl/α,β-unsaturated/α-hetero) is 2. The fourth-order valence-electron chi connectivity index (χ4n) is 1.86. The van der Waals surface area contributed by atoms with E-state index in [0.717, 1.165) is 12.8 Å². The lowest BCUT2D eigenvalue weighted by Crippen LogP contribution is -2.32. The fourth-order valence-corrected chi connectivity index (χ4v) is 1.86. The van der Waals surface area contributed by atoms with Gasteiger partial charge in [0.05, 0.1) is 0 Å². The first-order valence-electron chi connectivity index (χ1n) is 4.97. The maximum Gasteiger partial charge on any atom is 0.141 e. The molecule has 1 fully saturated rings. The molecule has 1 atom stereocenters. The molecule has 1 aliphatic rings. The van der Waals surface area contributed by atoms with E-state index in [1.165, 1.54) is 0 Å². The van der Waals surface area contributed by atoms with Gasteiger partial charge in [0.15, 0.2) is 0 Å². The van der Waals surface area contributed by atoms with Gasteiger partial charge in [0.1, 0.15) is 11.6 Å². The van der Waals surface area contributed by atoms with Gasteiger partial charge in [0.2, 0.25) is 0 Å². The molecule has 0 N–H and O–H groups in total. The van der Waals surface area contributed by atoms with E-state index in [9.17, 15) is 9.59 Å². The molecule has 0 spiro atoms. The summed E-state index contributed by atoms with van der Waals surface area (Å²) in [5, 5.41) is 0. The third-order valence-corrected chi connectivity index (χ3v) is 2.59. The summed E-state index contributed by atoms with van der Waals surface area (Å²) in [6.07, 6.45) is 2.96. The number of carbonyl (C=O) groups is 2. The van der Waals surface area contributed by atoms with E-state index in [2.05, 4.69) is 0 Å². The molecule has 0 radical (unpaired) electrons. The van der Waals surface area contributed by atoms with Crippen molar-refractivity contribution < 1.29 is 9.59 Å². The number of carbonyl (C=O) groups excluding carboxylic acids is 2. The second-order valence-electron chi connectivity index (χ2n) is 4.95. The summed E-state index contributed by atoms with van der Waals surface area (Å²) < 4.78 is 0. The molecule has 0 heterocycles. The van der Waals surface area contributed by atoms with Crippen molar-refractivity contribution in [2.75, 3.05) is 0 Å². The maximum atomic E-state index is 11.8. The van der Waals surface area contributed by atoms with Gasteiger partial charge >= 0.3 is 0 Å². The van der Waals surface area contributed by atoms with Crippen LogP contribution < -0.4 is 0 Å². The summed E-state index contributed by atoms with van der Waals surface area (Å²) in [6.45, 7) is 5.78. The van der Waals surface area contributed by atoms with Gasteiger partial charge in [-0.25, -0.2) is 0 Å². The Morgan fingerprint density at radius 2 is 2.00 bits per heavy atom. The lowest BCUT2D eigenvalue weighted by Gasteiger charge is -2.26. The van der Waals surface area contributed by atoms with Gasteiger partial charge in [-0.15, -0.1) is 0 Å². The van der Waals surface area contributed by atoms with E-state index in [1.54, 1.807) is 0 Å². The van der Waals surface area contributed by atoms with Crippen LogP contribution in [0.1, 0.15) is 46.5 Å². The van der Waals surface area contributed by atoms with Crippen LogP contribution in [0.4, 0.5) is 0 Å². The van der Waals surface area contributed by atoms with Gasteiger partial charge in [-0.3, -0.25) is 9.59 Å². The van der Waals surface area contributed by atoms with Crippen molar-refractivity contribution in [3.63, 3.8) is 0 Å². The van der Waals surface area contributed by atoms with Crippen LogP contribution in [-0.2, 0) is 9.59 Å². The summed E-state index contributed by atoms with van der Waals surface area (Å²) in [4.78, 5) is 23.0. The van der Waals surface area contributed by atoms with Crippen molar-refractivity contribution in [3.8, 4) is 0 Å². The molecule has 0 saturated heterocycles. The van der Waals surface area contributed by atoms with E-state index in [1.807, 2.05) is 20.8 Å². The lowest BCUT2D eigenvalue weighted by atomic mass is 9.76. The Labute approximate surface area is 79.7 Å². The third-order valence-electron chi connectivity index (χ3n) is 2.59. The predicted octanol–water partition coefficient (Wildman–Crippen LogP) is 2.36. The molecule has 2 nitrogen and oxygen atoms in total. The first kappa shape index (κ1) is 10.4. The molecule has 1 aliphatic carbocycles. The highest BCUT2D eigenvalue weighted by molar-refractivity contribution is 5.91. The van der Waals surface area contributed by atoms with Crippen LogP contribution in [0.15, 0.2) is 0 Å². The van der Waals surface area contributed by atoms with Gasteiger partial charge < -0.3 is 0 Å². The Morgan fingerprint density at radius 3 is 2.46 bits per heavy atom. The van der Waals surface area contributed by atoms with Crippen molar-refractivity contribution in [2.45, 2.75) is 46.5 Å². The molecule has 1 rings (SSSR count). The van der Waals surface area contributed by atoms with Crippen LogP contribution in [0.5, 0.6) is 0 Å². The highest BCUT2D eigenvalue weighted by Gasteiger charge is 2.32. The number of ketones is 2. The minimum atomic E-state index is -0.289. The quantitative estimate of drug-likeness (QED) is 0.624.